The zero-order valence-electron chi connectivity index (χ0n) is 16.8. The zero-order valence-corrected chi connectivity index (χ0v) is 16.8. The van der Waals surface area contributed by atoms with Crippen LogP contribution in [0.15, 0.2) is 0 Å². The Balaban J connectivity index is 4.89. The molecule has 0 radical (unpaired) electrons. The molecule has 0 fully saturated rings. The van der Waals surface area contributed by atoms with Crippen LogP contribution in [0.3, 0.4) is 0 Å². The van der Waals surface area contributed by atoms with Crippen LogP contribution in [-0.4, -0.2) is 70.5 Å². The van der Waals surface area contributed by atoms with Gasteiger partial charge >= 0.3 is 11.9 Å². The maximum absolute atomic E-state index is 12.3. The van der Waals surface area contributed by atoms with Crippen molar-refractivity contribution in [3.63, 3.8) is 0 Å². The van der Waals surface area contributed by atoms with Crippen molar-refractivity contribution >= 4 is 35.6 Å². The molecule has 0 saturated carbocycles. The largest absolute Gasteiger partial charge is 0.481 e. The van der Waals surface area contributed by atoms with Gasteiger partial charge in [0.05, 0.1) is 12.6 Å². The van der Waals surface area contributed by atoms with Gasteiger partial charge in [-0.1, -0.05) is 13.8 Å². The summed E-state index contributed by atoms with van der Waals surface area (Å²) in [6, 6.07) is -3.53. The summed E-state index contributed by atoms with van der Waals surface area (Å²) in [5.74, 6) is -5.86. The molecule has 170 valence electrons. The summed E-state index contributed by atoms with van der Waals surface area (Å²) in [6.07, 6.45) is -1.15. The molecule has 13 nitrogen and oxygen atoms in total. The van der Waals surface area contributed by atoms with Gasteiger partial charge in [0.2, 0.25) is 23.6 Å². The SMILES string of the molecule is CC(C)C(N)C(=O)NC(CCC(N)=O)C(=O)NCC(=O)NC(CCC(=O)O)C(=O)O. The Morgan fingerprint density at radius 3 is 1.90 bits per heavy atom. The Hall–Kier alpha value is -3.22. The number of hydrogen-bond acceptors (Lipinski definition) is 7. The third-order valence-corrected chi connectivity index (χ3v) is 4.04. The highest BCUT2D eigenvalue weighted by molar-refractivity contribution is 5.93. The molecule has 0 rings (SSSR count). The van der Waals surface area contributed by atoms with Crippen molar-refractivity contribution < 1.29 is 39.0 Å². The fourth-order valence-corrected chi connectivity index (χ4v) is 2.19. The number of nitrogens with two attached hydrogens (primary N) is 2. The van der Waals surface area contributed by atoms with Gasteiger partial charge in [0.1, 0.15) is 12.1 Å². The lowest BCUT2D eigenvalue weighted by atomic mass is 10.0. The van der Waals surface area contributed by atoms with Crippen LogP contribution in [0.2, 0.25) is 0 Å². The van der Waals surface area contributed by atoms with E-state index in [9.17, 15) is 28.8 Å². The van der Waals surface area contributed by atoms with Gasteiger partial charge in [-0.05, 0) is 18.8 Å². The van der Waals surface area contributed by atoms with Gasteiger partial charge < -0.3 is 37.6 Å². The second-order valence-corrected chi connectivity index (χ2v) is 6.94. The van der Waals surface area contributed by atoms with Crippen LogP contribution < -0.4 is 27.4 Å². The smallest absolute Gasteiger partial charge is 0.326 e. The minimum absolute atomic E-state index is 0.129. The van der Waals surface area contributed by atoms with E-state index in [2.05, 4.69) is 16.0 Å². The molecule has 0 aromatic rings. The average molecular weight is 431 g/mol. The first-order valence-electron chi connectivity index (χ1n) is 9.21. The number of primary amides is 1. The summed E-state index contributed by atoms with van der Waals surface area (Å²) in [6.45, 7) is 2.78. The molecule has 0 aromatic carbocycles. The summed E-state index contributed by atoms with van der Waals surface area (Å²) in [7, 11) is 0. The predicted octanol–water partition coefficient (Wildman–Crippen LogP) is -2.73. The monoisotopic (exact) mass is 431 g/mol. The molecule has 3 atom stereocenters. The standard InChI is InChI=1S/C17H29N5O8/c1-8(2)14(19)16(28)22-9(3-5-11(18)23)15(27)20-7-12(24)21-10(17(29)30)4-6-13(25)26/h8-10,14H,3-7,19H2,1-2H3,(H2,18,23)(H,20,27)(H,21,24)(H,22,28)(H,25,26)(H,29,30). The van der Waals surface area contributed by atoms with Gasteiger partial charge in [-0.3, -0.25) is 24.0 Å². The summed E-state index contributed by atoms with van der Waals surface area (Å²) in [5, 5.41) is 24.3. The first-order chi connectivity index (χ1) is 13.8. The number of carbonyl (C=O) groups is 6. The molecule has 0 bridgehead atoms. The van der Waals surface area contributed by atoms with E-state index >= 15 is 0 Å². The van der Waals surface area contributed by atoms with Gasteiger partial charge in [0.25, 0.3) is 0 Å². The van der Waals surface area contributed by atoms with E-state index < -0.39 is 66.7 Å². The number of carboxylic acids is 2. The molecule has 9 N–H and O–H groups in total. The molecule has 0 spiro atoms. The summed E-state index contributed by atoms with van der Waals surface area (Å²) >= 11 is 0. The van der Waals surface area contributed by atoms with Crippen molar-refractivity contribution in [2.45, 2.75) is 57.7 Å². The van der Waals surface area contributed by atoms with Crippen molar-refractivity contribution in [2.24, 2.45) is 17.4 Å². The van der Waals surface area contributed by atoms with E-state index in [1.54, 1.807) is 13.8 Å². The minimum atomic E-state index is -1.44. The van der Waals surface area contributed by atoms with Gasteiger partial charge in [-0.25, -0.2) is 4.79 Å². The van der Waals surface area contributed by atoms with Gasteiger partial charge in [0, 0.05) is 12.8 Å². The van der Waals surface area contributed by atoms with Gasteiger partial charge in [-0.2, -0.15) is 0 Å². The van der Waals surface area contributed by atoms with E-state index in [1.807, 2.05) is 0 Å². The molecular formula is C17H29N5O8. The molecular weight excluding hydrogens is 402 g/mol. The number of hydrogen-bond donors (Lipinski definition) is 7. The lowest BCUT2D eigenvalue weighted by Gasteiger charge is -2.22. The minimum Gasteiger partial charge on any atom is -0.481 e. The summed E-state index contributed by atoms with van der Waals surface area (Å²) < 4.78 is 0. The number of aliphatic carboxylic acids is 2. The topological polar surface area (TPSA) is 231 Å². The summed E-state index contributed by atoms with van der Waals surface area (Å²) in [4.78, 5) is 69.0. The maximum Gasteiger partial charge on any atom is 0.326 e. The number of carboxylic acid groups (broad SMARTS) is 2. The van der Waals surface area contributed by atoms with Crippen molar-refractivity contribution in [3.8, 4) is 0 Å². The first-order valence-corrected chi connectivity index (χ1v) is 9.21. The predicted molar refractivity (Wildman–Crippen MR) is 103 cm³/mol. The Morgan fingerprint density at radius 1 is 0.867 bits per heavy atom. The second kappa shape index (κ2) is 13.1. The van der Waals surface area contributed by atoms with E-state index in [0.717, 1.165) is 0 Å². The van der Waals surface area contributed by atoms with Crippen molar-refractivity contribution in [1.29, 1.82) is 0 Å². The number of amides is 4. The molecule has 0 saturated heterocycles. The van der Waals surface area contributed by atoms with E-state index in [4.69, 9.17) is 21.7 Å². The van der Waals surface area contributed by atoms with Crippen LogP contribution in [-0.2, 0) is 28.8 Å². The van der Waals surface area contributed by atoms with Crippen molar-refractivity contribution in [2.75, 3.05) is 6.54 Å². The molecule has 0 aliphatic rings. The fraction of sp³-hybridized carbons (Fsp3) is 0.647. The van der Waals surface area contributed by atoms with E-state index in [-0.39, 0.29) is 25.2 Å². The van der Waals surface area contributed by atoms with Gasteiger partial charge in [-0.15, -0.1) is 0 Å². The number of nitrogens with one attached hydrogen (secondary N) is 3. The third kappa shape index (κ3) is 10.9. The van der Waals surface area contributed by atoms with Crippen LogP contribution in [0.25, 0.3) is 0 Å². The lowest BCUT2D eigenvalue weighted by Crippen LogP contribution is -2.54. The Bertz CT molecular complexity index is 667. The highest BCUT2D eigenvalue weighted by Gasteiger charge is 2.26. The second-order valence-electron chi connectivity index (χ2n) is 6.94. The Kier molecular flexibility index (Phi) is 11.7. The highest BCUT2D eigenvalue weighted by Crippen LogP contribution is 2.03. The quantitative estimate of drug-likeness (QED) is 0.151. The molecule has 0 heterocycles. The molecule has 0 aliphatic heterocycles. The fourth-order valence-electron chi connectivity index (χ4n) is 2.19. The Morgan fingerprint density at radius 2 is 1.43 bits per heavy atom. The van der Waals surface area contributed by atoms with Crippen LogP contribution in [0.4, 0.5) is 0 Å². The highest BCUT2D eigenvalue weighted by atomic mass is 16.4. The van der Waals surface area contributed by atoms with Crippen LogP contribution in [0, 0.1) is 5.92 Å². The lowest BCUT2D eigenvalue weighted by molar-refractivity contribution is -0.143. The van der Waals surface area contributed by atoms with Crippen LogP contribution >= 0.6 is 0 Å². The maximum atomic E-state index is 12.3. The summed E-state index contributed by atoms with van der Waals surface area (Å²) in [5.41, 5.74) is 10.8. The van der Waals surface area contributed by atoms with Gasteiger partial charge in [0.15, 0.2) is 0 Å². The Labute approximate surface area is 172 Å². The van der Waals surface area contributed by atoms with Crippen molar-refractivity contribution in [1.82, 2.24) is 16.0 Å². The molecule has 0 aliphatic carbocycles. The van der Waals surface area contributed by atoms with E-state index in [1.165, 1.54) is 0 Å². The van der Waals surface area contributed by atoms with E-state index in [0.29, 0.717) is 0 Å². The number of carbonyl (C=O) groups excluding carboxylic acids is 4. The molecule has 4 amide bonds. The zero-order chi connectivity index (χ0) is 23.4. The molecule has 0 aromatic heterocycles. The van der Waals surface area contributed by atoms with Crippen molar-refractivity contribution in [3.05, 3.63) is 0 Å². The first kappa shape index (κ1) is 26.8. The third-order valence-electron chi connectivity index (χ3n) is 4.04. The molecule has 13 heteroatoms. The number of rotatable bonds is 14. The molecule has 3 unspecified atom stereocenters. The van der Waals surface area contributed by atoms with Crippen LogP contribution in [0.5, 0.6) is 0 Å². The molecule has 30 heavy (non-hydrogen) atoms. The normalized spacial score (nSPS) is 13.6. The van der Waals surface area contributed by atoms with Crippen LogP contribution in [0.1, 0.15) is 39.5 Å². The average Bonchev–Trinajstić information content (AvgIpc) is 2.64.